The number of benzene rings is 3. The van der Waals surface area contributed by atoms with Gasteiger partial charge in [0, 0.05) is 56.7 Å². The Labute approximate surface area is 416 Å². The Bertz CT molecular complexity index is 2630. The fourth-order valence-electron chi connectivity index (χ4n) is 7.17. The zero-order valence-corrected chi connectivity index (χ0v) is 39.2. The van der Waals surface area contributed by atoms with Crippen LogP contribution >= 0.6 is 0 Å². The van der Waals surface area contributed by atoms with E-state index in [1.54, 1.807) is 0 Å². The second kappa shape index (κ2) is 28.6. The van der Waals surface area contributed by atoms with Crippen molar-refractivity contribution in [3.8, 4) is 0 Å². The van der Waals surface area contributed by atoms with Gasteiger partial charge in [-0.2, -0.15) is 0 Å². The summed E-state index contributed by atoms with van der Waals surface area (Å²) in [6, 6.07) is 13.8. The third kappa shape index (κ3) is 19.8. The first-order valence-corrected chi connectivity index (χ1v) is 22.9. The highest BCUT2D eigenvalue weighted by molar-refractivity contribution is 5.99. The molecule has 24 heteroatoms. The molecular formula is C49H56N8O16. The van der Waals surface area contributed by atoms with E-state index in [1.165, 1.54) is 48.8 Å². The summed E-state index contributed by atoms with van der Waals surface area (Å²) in [4.78, 5) is 140. The number of nitrogens with zero attached hydrogens (tertiary/aromatic N) is 1. The van der Waals surface area contributed by atoms with E-state index in [2.05, 4.69) is 42.2 Å². The van der Waals surface area contributed by atoms with Crippen molar-refractivity contribution in [2.24, 2.45) is 0 Å². The number of carboxylic acid groups (broad SMARTS) is 5. The molecule has 0 fully saturated rings. The molecule has 12 N–H and O–H groups in total. The highest BCUT2D eigenvalue weighted by atomic mass is 16.4. The lowest BCUT2D eigenvalue weighted by molar-refractivity contribution is -0.141. The Morgan fingerprint density at radius 3 is 1.59 bits per heavy atom. The molecule has 0 saturated carbocycles. The van der Waals surface area contributed by atoms with Crippen molar-refractivity contribution in [2.75, 3.05) is 6.54 Å². The molecule has 3 aromatic carbocycles. The summed E-state index contributed by atoms with van der Waals surface area (Å²) in [5.74, 6) is -10.4. The van der Waals surface area contributed by atoms with Crippen LogP contribution in [0.4, 0.5) is 4.79 Å². The fraction of sp³-hybridized carbons (Fsp3) is 0.347. The van der Waals surface area contributed by atoms with Crippen molar-refractivity contribution < 1.29 is 78.3 Å². The number of aromatic nitrogens is 1. The number of hydrogen-bond acceptors (Lipinski definition) is 12. The first-order valence-electron chi connectivity index (χ1n) is 22.9. The second-order valence-corrected chi connectivity index (χ2v) is 16.6. The van der Waals surface area contributed by atoms with Crippen LogP contribution in [0, 0.1) is 0 Å². The normalized spacial score (nSPS) is 12.8. The smallest absolute Gasteiger partial charge is 0.326 e. The SMILES string of the molecule is O=C(O)CCC(NC(=O)c1cccnc1)C(=O)NC(CCC(=O)O)C(=O)NCc1ccc(C(=O)NC(Cc2ccc3ccccc3c2)C(=O)NCCCCC(NC(=O)N[C@@H](CCC(=O)O)C(=O)O)C(=O)O)cc1. The third-order valence-corrected chi connectivity index (χ3v) is 11.1. The summed E-state index contributed by atoms with van der Waals surface area (Å²) in [5, 5.41) is 65.4. The molecule has 0 bridgehead atoms. The van der Waals surface area contributed by atoms with E-state index >= 15 is 0 Å². The van der Waals surface area contributed by atoms with Gasteiger partial charge in [-0.1, -0.05) is 54.6 Å². The van der Waals surface area contributed by atoms with E-state index < -0.39 is 121 Å². The molecule has 0 radical (unpaired) electrons. The molecular weight excluding hydrogens is 957 g/mol. The molecule has 0 aliphatic carbocycles. The van der Waals surface area contributed by atoms with Crippen molar-refractivity contribution in [3.05, 3.63) is 114 Å². The Kier molecular flexibility index (Phi) is 22.2. The standard InChI is InChI=1S/C49H56N8O16/c58-39(59)19-16-34(54-46(68)35(17-20-40(60)61)53-43(65)33-8-5-22-50-27-33)44(66)52-26-28-10-14-31(15-11-28)42(64)55-38(25-29-12-13-30-6-1-2-7-32(30)24-29)45(67)51-23-4-3-9-36(47(69)70)56-49(73)57-37(48(71)72)18-21-41(62)63/h1-2,5-8,10-15,22,24,27,34-38H,3-4,9,16-21,23,25-26H2,(H,51,67)(H,52,66)(H,53,65)(H,54,68)(H,55,64)(H,58,59)(H,60,61)(H,62,63)(H,69,70)(H,71,72)(H2,56,57,73)/t34?,35?,36?,37-,38?/m0/s1. The number of hydrogen-bond donors (Lipinski definition) is 12. The zero-order chi connectivity index (χ0) is 53.5. The van der Waals surface area contributed by atoms with Crippen LogP contribution in [0.5, 0.6) is 0 Å². The molecule has 4 unspecified atom stereocenters. The number of aliphatic carboxylic acids is 5. The van der Waals surface area contributed by atoms with Crippen LogP contribution in [0.15, 0.2) is 91.3 Å². The van der Waals surface area contributed by atoms with Gasteiger partial charge in [-0.25, -0.2) is 14.4 Å². The topological polar surface area (TPSA) is 386 Å². The summed E-state index contributed by atoms with van der Waals surface area (Å²) in [7, 11) is 0. The van der Waals surface area contributed by atoms with Crippen molar-refractivity contribution in [3.63, 3.8) is 0 Å². The van der Waals surface area contributed by atoms with Crippen LogP contribution in [0.3, 0.4) is 0 Å². The maximum atomic E-state index is 13.7. The van der Waals surface area contributed by atoms with E-state index in [4.69, 9.17) is 5.11 Å². The number of amides is 7. The molecule has 24 nitrogen and oxygen atoms in total. The molecule has 0 aliphatic rings. The Balaban J connectivity index is 1.38. The molecule has 4 aromatic rings. The average molecular weight is 1010 g/mol. The Morgan fingerprint density at radius 2 is 1.00 bits per heavy atom. The number of urea groups is 1. The lowest BCUT2D eigenvalue weighted by Crippen LogP contribution is -2.53. The van der Waals surface area contributed by atoms with Gasteiger partial charge in [0.2, 0.25) is 17.7 Å². The lowest BCUT2D eigenvalue weighted by atomic mass is 10.0. The van der Waals surface area contributed by atoms with E-state index in [0.717, 1.165) is 16.3 Å². The summed E-state index contributed by atoms with van der Waals surface area (Å²) >= 11 is 0. The average Bonchev–Trinajstić information content (AvgIpc) is 3.36. The van der Waals surface area contributed by atoms with Crippen LogP contribution in [0.2, 0.25) is 0 Å². The minimum absolute atomic E-state index is 0.0348. The van der Waals surface area contributed by atoms with Gasteiger partial charge < -0.3 is 62.8 Å². The van der Waals surface area contributed by atoms with Crippen molar-refractivity contribution in [1.29, 1.82) is 0 Å². The van der Waals surface area contributed by atoms with Crippen LogP contribution in [-0.2, 0) is 51.3 Å². The number of pyridine rings is 1. The van der Waals surface area contributed by atoms with E-state index in [0.29, 0.717) is 5.56 Å². The lowest BCUT2D eigenvalue weighted by Gasteiger charge is -2.23. The van der Waals surface area contributed by atoms with Crippen molar-refractivity contribution in [2.45, 2.75) is 101 Å². The van der Waals surface area contributed by atoms with Gasteiger partial charge >= 0.3 is 35.9 Å². The van der Waals surface area contributed by atoms with Gasteiger partial charge in [-0.15, -0.1) is 0 Å². The minimum atomic E-state index is -1.57. The number of rotatable bonds is 30. The second-order valence-electron chi connectivity index (χ2n) is 16.6. The van der Waals surface area contributed by atoms with Crippen LogP contribution < -0.4 is 37.2 Å². The minimum Gasteiger partial charge on any atom is -0.481 e. The largest absolute Gasteiger partial charge is 0.481 e. The van der Waals surface area contributed by atoms with Gasteiger partial charge in [0.15, 0.2) is 0 Å². The number of carbonyl (C=O) groups excluding carboxylic acids is 6. The molecule has 73 heavy (non-hydrogen) atoms. The summed E-state index contributed by atoms with van der Waals surface area (Å²) in [6.07, 6.45) is 0.265. The quantitative estimate of drug-likeness (QED) is 0.0330. The highest BCUT2D eigenvalue weighted by Gasteiger charge is 2.29. The highest BCUT2D eigenvalue weighted by Crippen LogP contribution is 2.18. The summed E-state index contributed by atoms with van der Waals surface area (Å²) in [6.45, 7) is -0.114. The van der Waals surface area contributed by atoms with E-state index in [-0.39, 0.29) is 62.7 Å². The third-order valence-electron chi connectivity index (χ3n) is 11.1. The Hall–Kier alpha value is -8.96. The van der Waals surface area contributed by atoms with Crippen molar-refractivity contribution in [1.82, 2.24) is 42.2 Å². The fourth-order valence-corrected chi connectivity index (χ4v) is 7.17. The first kappa shape index (κ1) is 56.6. The zero-order valence-electron chi connectivity index (χ0n) is 39.2. The molecule has 4 rings (SSSR count). The Morgan fingerprint density at radius 1 is 0.466 bits per heavy atom. The van der Waals surface area contributed by atoms with Gasteiger partial charge in [0.05, 0.1) is 5.56 Å². The predicted molar refractivity (Wildman–Crippen MR) is 257 cm³/mol. The summed E-state index contributed by atoms with van der Waals surface area (Å²) in [5.41, 5.74) is 1.40. The maximum absolute atomic E-state index is 13.7. The maximum Gasteiger partial charge on any atom is 0.326 e. The van der Waals surface area contributed by atoms with E-state index in [1.807, 2.05) is 42.5 Å². The van der Waals surface area contributed by atoms with Crippen LogP contribution in [0.25, 0.3) is 10.8 Å². The predicted octanol–water partition coefficient (Wildman–Crippen LogP) is 1.56. The number of carbonyl (C=O) groups is 11. The van der Waals surface area contributed by atoms with Gasteiger partial charge in [-0.05, 0) is 84.7 Å². The van der Waals surface area contributed by atoms with Gasteiger partial charge in [0.1, 0.15) is 30.2 Å². The molecule has 1 heterocycles. The van der Waals surface area contributed by atoms with Crippen molar-refractivity contribution >= 4 is 76.2 Å². The molecule has 7 amide bonds. The van der Waals surface area contributed by atoms with E-state index in [9.17, 15) is 73.2 Å². The molecule has 388 valence electrons. The number of carboxylic acids is 5. The van der Waals surface area contributed by atoms with Gasteiger partial charge in [-0.3, -0.25) is 43.3 Å². The van der Waals surface area contributed by atoms with Gasteiger partial charge in [0.25, 0.3) is 11.8 Å². The number of fused-ring (bicyclic) bond motifs is 1. The number of unbranched alkanes of at least 4 members (excludes halogenated alkanes) is 1. The summed E-state index contributed by atoms with van der Waals surface area (Å²) < 4.78 is 0. The molecule has 0 saturated heterocycles. The number of nitrogens with one attached hydrogen (secondary N) is 7. The molecule has 0 aliphatic heterocycles. The molecule has 1 aromatic heterocycles. The first-order chi connectivity index (χ1) is 34.8. The van der Waals surface area contributed by atoms with Crippen LogP contribution in [0.1, 0.15) is 89.6 Å². The monoisotopic (exact) mass is 1010 g/mol. The molecule has 5 atom stereocenters. The van der Waals surface area contributed by atoms with Crippen LogP contribution in [-0.4, -0.2) is 133 Å². The molecule has 0 spiro atoms.